The Balaban J connectivity index is 1.54. The maximum Gasteiger partial charge on any atom is 0.257 e. The van der Waals surface area contributed by atoms with E-state index >= 15 is 0 Å². The van der Waals surface area contributed by atoms with Gasteiger partial charge in [0.05, 0.1) is 17.3 Å². The molecule has 0 radical (unpaired) electrons. The topological polar surface area (TPSA) is 51.2 Å². The summed E-state index contributed by atoms with van der Waals surface area (Å²) >= 11 is 3.75. The van der Waals surface area contributed by atoms with Gasteiger partial charge in [-0.1, -0.05) is 41.7 Å². The standard InChI is InChI=1S/C21H15IN2O2S/c1-26-15-10-11-18-19(12-15)27-21(23-18)24-20(25)14-8-6-13(7-9-14)16-4-2-3-5-17(16)22/h2-12H,1H3,(H,23,24,25). The van der Waals surface area contributed by atoms with Crippen molar-refractivity contribution >= 4 is 55.2 Å². The van der Waals surface area contributed by atoms with Gasteiger partial charge < -0.3 is 4.74 Å². The van der Waals surface area contributed by atoms with E-state index in [0.29, 0.717) is 10.7 Å². The Labute approximate surface area is 174 Å². The number of carbonyl (C=O) groups excluding carboxylic acids is 1. The van der Waals surface area contributed by atoms with Crippen molar-refractivity contribution in [3.8, 4) is 16.9 Å². The van der Waals surface area contributed by atoms with E-state index in [4.69, 9.17) is 4.74 Å². The first kappa shape index (κ1) is 17.9. The van der Waals surface area contributed by atoms with Crippen LogP contribution in [-0.2, 0) is 0 Å². The highest BCUT2D eigenvalue weighted by atomic mass is 127. The Kier molecular flexibility index (Phi) is 5.09. The average Bonchev–Trinajstić information content (AvgIpc) is 3.09. The third-order valence-electron chi connectivity index (χ3n) is 4.15. The smallest absolute Gasteiger partial charge is 0.257 e. The van der Waals surface area contributed by atoms with Crippen molar-refractivity contribution in [1.82, 2.24) is 4.98 Å². The van der Waals surface area contributed by atoms with Gasteiger partial charge in [0.1, 0.15) is 5.75 Å². The number of halogens is 1. The summed E-state index contributed by atoms with van der Waals surface area (Å²) in [7, 11) is 1.63. The first-order chi connectivity index (χ1) is 13.1. The van der Waals surface area contributed by atoms with E-state index in [0.717, 1.165) is 27.1 Å². The molecular weight excluding hydrogens is 471 g/mol. The number of carbonyl (C=O) groups is 1. The van der Waals surface area contributed by atoms with Crippen molar-refractivity contribution < 1.29 is 9.53 Å². The molecule has 0 aliphatic heterocycles. The second-order valence-corrected chi connectivity index (χ2v) is 8.06. The van der Waals surface area contributed by atoms with Gasteiger partial charge in [0.2, 0.25) is 0 Å². The zero-order valence-electron chi connectivity index (χ0n) is 14.4. The minimum Gasteiger partial charge on any atom is -0.497 e. The van der Waals surface area contributed by atoms with Gasteiger partial charge >= 0.3 is 0 Å². The normalized spacial score (nSPS) is 10.7. The second-order valence-electron chi connectivity index (χ2n) is 5.86. The second kappa shape index (κ2) is 7.66. The van der Waals surface area contributed by atoms with E-state index in [-0.39, 0.29) is 5.91 Å². The van der Waals surface area contributed by atoms with Crippen LogP contribution in [0.15, 0.2) is 66.7 Å². The lowest BCUT2D eigenvalue weighted by molar-refractivity contribution is 0.102. The monoisotopic (exact) mass is 486 g/mol. The van der Waals surface area contributed by atoms with E-state index < -0.39 is 0 Å². The molecule has 1 aromatic heterocycles. The molecule has 134 valence electrons. The molecule has 0 fully saturated rings. The first-order valence-electron chi connectivity index (χ1n) is 8.25. The van der Waals surface area contributed by atoms with Crippen molar-refractivity contribution in [2.75, 3.05) is 12.4 Å². The molecule has 0 spiro atoms. The Bertz CT molecular complexity index is 1120. The zero-order valence-corrected chi connectivity index (χ0v) is 17.4. The van der Waals surface area contributed by atoms with E-state index in [2.05, 4.69) is 45.0 Å². The van der Waals surface area contributed by atoms with Crippen molar-refractivity contribution in [1.29, 1.82) is 0 Å². The lowest BCUT2D eigenvalue weighted by Crippen LogP contribution is -2.11. The Morgan fingerprint density at radius 2 is 1.85 bits per heavy atom. The molecule has 4 aromatic rings. The summed E-state index contributed by atoms with van der Waals surface area (Å²) < 4.78 is 7.38. The van der Waals surface area contributed by atoms with Crippen LogP contribution in [0, 0.1) is 3.57 Å². The number of thiazole rings is 1. The Morgan fingerprint density at radius 1 is 1.07 bits per heavy atom. The van der Waals surface area contributed by atoms with Gasteiger partial charge in [0.25, 0.3) is 5.91 Å². The summed E-state index contributed by atoms with van der Waals surface area (Å²) in [6.07, 6.45) is 0. The number of aromatic nitrogens is 1. The molecular formula is C21H15IN2O2S. The van der Waals surface area contributed by atoms with Crippen molar-refractivity contribution in [3.63, 3.8) is 0 Å². The number of anilines is 1. The predicted molar refractivity (Wildman–Crippen MR) is 119 cm³/mol. The van der Waals surface area contributed by atoms with Crippen LogP contribution >= 0.6 is 33.9 Å². The molecule has 1 heterocycles. The number of amides is 1. The molecule has 0 unspecified atom stereocenters. The SMILES string of the molecule is COc1ccc2nc(NC(=O)c3ccc(-c4ccccc4I)cc3)sc2c1. The van der Waals surface area contributed by atoms with Crippen LogP contribution in [0.25, 0.3) is 21.3 Å². The summed E-state index contributed by atoms with van der Waals surface area (Å²) in [4.78, 5) is 17.0. The number of benzene rings is 3. The average molecular weight is 486 g/mol. The van der Waals surface area contributed by atoms with Crippen LogP contribution in [0.5, 0.6) is 5.75 Å². The summed E-state index contributed by atoms with van der Waals surface area (Å²) in [6.45, 7) is 0. The molecule has 4 nitrogen and oxygen atoms in total. The molecule has 1 N–H and O–H groups in total. The molecule has 0 saturated carbocycles. The highest BCUT2D eigenvalue weighted by molar-refractivity contribution is 14.1. The van der Waals surface area contributed by atoms with Crippen molar-refractivity contribution in [2.24, 2.45) is 0 Å². The molecule has 0 aliphatic rings. The lowest BCUT2D eigenvalue weighted by Gasteiger charge is -2.06. The van der Waals surface area contributed by atoms with Gasteiger partial charge in [-0.05, 0) is 70.1 Å². The highest BCUT2D eigenvalue weighted by Gasteiger charge is 2.11. The maximum atomic E-state index is 12.6. The van der Waals surface area contributed by atoms with Gasteiger partial charge in [0.15, 0.2) is 5.13 Å². The predicted octanol–water partition coefficient (Wildman–Crippen LogP) is 5.83. The lowest BCUT2D eigenvalue weighted by atomic mass is 10.0. The Hall–Kier alpha value is -2.45. The van der Waals surface area contributed by atoms with Gasteiger partial charge in [-0.3, -0.25) is 10.1 Å². The number of fused-ring (bicyclic) bond motifs is 1. The van der Waals surface area contributed by atoms with Gasteiger partial charge in [-0.25, -0.2) is 4.98 Å². The third-order valence-corrected chi connectivity index (χ3v) is 6.02. The Morgan fingerprint density at radius 3 is 2.59 bits per heavy atom. The quantitative estimate of drug-likeness (QED) is 0.370. The molecule has 6 heteroatoms. The fraction of sp³-hybridized carbons (Fsp3) is 0.0476. The minimum absolute atomic E-state index is 0.171. The number of nitrogens with zero attached hydrogens (tertiary/aromatic N) is 1. The van der Waals surface area contributed by atoms with Crippen LogP contribution in [0.2, 0.25) is 0 Å². The molecule has 4 rings (SSSR count). The zero-order chi connectivity index (χ0) is 18.8. The van der Waals surface area contributed by atoms with Crippen LogP contribution in [-0.4, -0.2) is 18.0 Å². The van der Waals surface area contributed by atoms with Crippen LogP contribution in [0.4, 0.5) is 5.13 Å². The molecule has 0 atom stereocenters. The molecule has 3 aromatic carbocycles. The van der Waals surface area contributed by atoms with Crippen LogP contribution < -0.4 is 10.1 Å². The van der Waals surface area contributed by atoms with Gasteiger partial charge in [0, 0.05) is 9.13 Å². The number of hydrogen-bond acceptors (Lipinski definition) is 4. The molecule has 0 saturated heterocycles. The summed E-state index contributed by atoms with van der Waals surface area (Å²) in [5.41, 5.74) is 3.68. The van der Waals surface area contributed by atoms with Crippen molar-refractivity contribution in [3.05, 3.63) is 75.9 Å². The number of nitrogens with one attached hydrogen (secondary N) is 1. The number of rotatable bonds is 4. The third kappa shape index (κ3) is 3.81. The first-order valence-corrected chi connectivity index (χ1v) is 10.1. The van der Waals surface area contributed by atoms with Crippen molar-refractivity contribution in [2.45, 2.75) is 0 Å². The maximum absolute atomic E-state index is 12.6. The number of methoxy groups -OCH3 is 1. The number of ether oxygens (including phenoxy) is 1. The fourth-order valence-electron chi connectivity index (χ4n) is 2.75. The van der Waals surface area contributed by atoms with Crippen LogP contribution in [0.3, 0.4) is 0 Å². The summed E-state index contributed by atoms with van der Waals surface area (Å²) in [5.74, 6) is 0.602. The minimum atomic E-state index is -0.171. The molecule has 27 heavy (non-hydrogen) atoms. The molecule has 0 bridgehead atoms. The van der Waals surface area contributed by atoms with Gasteiger partial charge in [-0.2, -0.15) is 0 Å². The molecule has 1 amide bonds. The summed E-state index contributed by atoms with van der Waals surface area (Å²) in [5, 5.41) is 3.46. The fourth-order valence-corrected chi connectivity index (χ4v) is 4.34. The van der Waals surface area contributed by atoms with E-state index in [9.17, 15) is 4.79 Å². The van der Waals surface area contributed by atoms with E-state index in [1.807, 2.05) is 54.6 Å². The largest absolute Gasteiger partial charge is 0.497 e. The molecule has 0 aliphatic carbocycles. The highest BCUT2D eigenvalue weighted by Crippen LogP contribution is 2.30. The summed E-state index contributed by atoms with van der Waals surface area (Å²) in [6, 6.07) is 21.4. The van der Waals surface area contributed by atoms with Crippen LogP contribution in [0.1, 0.15) is 10.4 Å². The van der Waals surface area contributed by atoms with Gasteiger partial charge in [-0.15, -0.1) is 0 Å². The number of hydrogen-bond donors (Lipinski definition) is 1. The van der Waals surface area contributed by atoms with E-state index in [1.165, 1.54) is 14.9 Å². The van der Waals surface area contributed by atoms with E-state index in [1.54, 1.807) is 7.11 Å².